The van der Waals surface area contributed by atoms with Crippen LogP contribution in [0.25, 0.3) is 0 Å². The molecule has 0 aromatic carbocycles. The number of nitrogens with two attached hydrogens (primary N) is 1. The molecule has 84 valence electrons. The minimum Gasteiger partial charge on any atom is -0.481 e. The molecule has 0 amide bonds. The second kappa shape index (κ2) is 9.90. The molecule has 7 heteroatoms. The predicted octanol–water partition coefficient (Wildman–Crippen LogP) is -1.77. The van der Waals surface area contributed by atoms with Crippen molar-refractivity contribution in [3.05, 3.63) is 0 Å². The number of aliphatic carboxylic acids is 2. The van der Waals surface area contributed by atoms with Gasteiger partial charge < -0.3 is 26.2 Å². The van der Waals surface area contributed by atoms with Crippen LogP contribution >= 0.6 is 0 Å². The van der Waals surface area contributed by atoms with Gasteiger partial charge in [0.05, 0.1) is 32.1 Å². The first-order valence-corrected chi connectivity index (χ1v) is 3.84. The Bertz CT molecular complexity index is 154. The lowest BCUT2D eigenvalue weighted by atomic mass is 10.3. The normalized spacial score (nSPS) is 9.14. The van der Waals surface area contributed by atoms with Crippen molar-refractivity contribution in [3.63, 3.8) is 0 Å². The predicted molar refractivity (Wildman–Crippen MR) is 46.7 cm³/mol. The molecule has 0 aliphatic carbocycles. The zero-order valence-electron chi connectivity index (χ0n) is 7.59. The van der Waals surface area contributed by atoms with Crippen molar-refractivity contribution in [2.75, 3.05) is 13.2 Å². The second-order valence-corrected chi connectivity index (χ2v) is 2.41. The van der Waals surface area contributed by atoms with Gasteiger partial charge in [0.15, 0.2) is 0 Å². The first-order valence-electron chi connectivity index (χ1n) is 3.84. The zero-order valence-corrected chi connectivity index (χ0v) is 7.59. The van der Waals surface area contributed by atoms with E-state index in [4.69, 9.17) is 26.2 Å². The molecule has 0 aliphatic heterocycles. The van der Waals surface area contributed by atoms with E-state index in [0.717, 1.165) is 0 Å². The molecular formula is C7H15NO6. The molecule has 0 unspecified atom stereocenters. The number of carboxylic acid groups (broad SMARTS) is 2. The van der Waals surface area contributed by atoms with Crippen LogP contribution in [-0.4, -0.2) is 51.6 Å². The number of rotatable bonds is 5. The van der Waals surface area contributed by atoms with Crippen LogP contribution in [0.15, 0.2) is 0 Å². The Morgan fingerprint density at radius 1 is 1.00 bits per heavy atom. The highest BCUT2D eigenvalue weighted by molar-refractivity contribution is 5.75. The van der Waals surface area contributed by atoms with Crippen molar-refractivity contribution >= 4 is 11.9 Å². The molecule has 0 heterocycles. The summed E-state index contributed by atoms with van der Waals surface area (Å²) >= 11 is 0. The summed E-state index contributed by atoms with van der Waals surface area (Å²) in [5, 5.41) is 31.9. The fourth-order valence-electron chi connectivity index (χ4n) is 0.272. The van der Waals surface area contributed by atoms with Crippen molar-refractivity contribution in [1.82, 2.24) is 0 Å². The molecule has 14 heavy (non-hydrogen) atoms. The molecule has 7 nitrogen and oxygen atoms in total. The van der Waals surface area contributed by atoms with Crippen molar-refractivity contribution < 1.29 is 30.0 Å². The van der Waals surface area contributed by atoms with Crippen LogP contribution in [-0.2, 0) is 9.59 Å². The van der Waals surface area contributed by atoms with Crippen LogP contribution in [0.5, 0.6) is 0 Å². The van der Waals surface area contributed by atoms with Gasteiger partial charge in [-0.2, -0.15) is 0 Å². The van der Waals surface area contributed by atoms with Gasteiger partial charge in [-0.25, -0.2) is 0 Å². The minimum absolute atomic E-state index is 0.142. The molecule has 0 aromatic heterocycles. The van der Waals surface area contributed by atoms with Crippen LogP contribution < -0.4 is 5.73 Å². The van der Waals surface area contributed by atoms with Crippen LogP contribution in [0.1, 0.15) is 12.8 Å². The summed E-state index contributed by atoms with van der Waals surface area (Å²) in [4.78, 5) is 19.3. The molecule has 0 spiro atoms. The number of carboxylic acids is 2. The Balaban J connectivity index is 0. The third-order valence-corrected chi connectivity index (χ3v) is 1.02. The highest BCUT2D eigenvalue weighted by Gasteiger charge is 2.00. The van der Waals surface area contributed by atoms with Gasteiger partial charge in [0.1, 0.15) is 0 Å². The van der Waals surface area contributed by atoms with Crippen molar-refractivity contribution in [2.24, 2.45) is 5.73 Å². The van der Waals surface area contributed by atoms with E-state index in [-0.39, 0.29) is 26.1 Å². The summed E-state index contributed by atoms with van der Waals surface area (Å²) in [5.41, 5.74) is 4.97. The summed E-state index contributed by atoms with van der Waals surface area (Å²) in [6.07, 6.45) is -0.593. The topological polar surface area (TPSA) is 141 Å². The molecule has 0 saturated carbocycles. The summed E-state index contributed by atoms with van der Waals surface area (Å²) in [6, 6.07) is -0.454. The van der Waals surface area contributed by atoms with E-state index in [2.05, 4.69) is 0 Å². The number of aliphatic hydroxyl groups excluding tert-OH is 2. The number of aliphatic hydroxyl groups is 2. The Hall–Kier alpha value is -1.18. The third kappa shape index (κ3) is 17.1. The van der Waals surface area contributed by atoms with E-state index in [1.165, 1.54) is 0 Å². The van der Waals surface area contributed by atoms with E-state index in [1.54, 1.807) is 0 Å². The van der Waals surface area contributed by atoms with Crippen LogP contribution in [0, 0.1) is 0 Å². The second-order valence-electron chi connectivity index (χ2n) is 2.41. The molecule has 0 fully saturated rings. The molecule has 0 aromatic rings. The average molecular weight is 209 g/mol. The van der Waals surface area contributed by atoms with Gasteiger partial charge in [0, 0.05) is 0 Å². The molecular weight excluding hydrogens is 194 g/mol. The van der Waals surface area contributed by atoms with Crippen LogP contribution in [0.4, 0.5) is 0 Å². The minimum atomic E-state index is -1.08. The van der Waals surface area contributed by atoms with Gasteiger partial charge in [-0.05, 0) is 0 Å². The summed E-state index contributed by atoms with van der Waals surface area (Å²) in [5.74, 6) is -2.15. The molecule has 0 aliphatic rings. The quantitative estimate of drug-likeness (QED) is 0.361. The third-order valence-electron chi connectivity index (χ3n) is 1.02. The van der Waals surface area contributed by atoms with Gasteiger partial charge >= 0.3 is 11.9 Å². The average Bonchev–Trinajstić information content (AvgIpc) is 2.14. The first kappa shape index (κ1) is 15.3. The van der Waals surface area contributed by atoms with E-state index >= 15 is 0 Å². The van der Waals surface area contributed by atoms with Crippen molar-refractivity contribution in [2.45, 2.75) is 18.9 Å². The fourth-order valence-corrected chi connectivity index (χ4v) is 0.272. The first-order chi connectivity index (χ1) is 6.43. The number of hydrogen-bond donors (Lipinski definition) is 5. The molecule has 0 atom stereocenters. The van der Waals surface area contributed by atoms with E-state index in [1.807, 2.05) is 0 Å². The van der Waals surface area contributed by atoms with Crippen LogP contribution in [0.3, 0.4) is 0 Å². The largest absolute Gasteiger partial charge is 0.481 e. The van der Waals surface area contributed by atoms with E-state index in [9.17, 15) is 9.59 Å². The van der Waals surface area contributed by atoms with Crippen LogP contribution in [0.2, 0.25) is 0 Å². The Morgan fingerprint density at radius 2 is 1.29 bits per heavy atom. The highest BCUT2D eigenvalue weighted by atomic mass is 16.4. The van der Waals surface area contributed by atoms with E-state index < -0.39 is 18.0 Å². The van der Waals surface area contributed by atoms with Gasteiger partial charge in [0.2, 0.25) is 0 Å². The van der Waals surface area contributed by atoms with Crippen molar-refractivity contribution in [1.29, 1.82) is 0 Å². The SMILES string of the molecule is NC(CO)CO.O=C(O)CCC(=O)O. The maximum atomic E-state index is 9.64. The fraction of sp³-hybridized carbons (Fsp3) is 0.714. The van der Waals surface area contributed by atoms with Gasteiger partial charge in [-0.1, -0.05) is 0 Å². The lowest BCUT2D eigenvalue weighted by molar-refractivity contribution is -0.143. The van der Waals surface area contributed by atoms with Gasteiger partial charge in [-0.15, -0.1) is 0 Å². The lowest BCUT2D eigenvalue weighted by Crippen LogP contribution is -2.27. The molecule has 6 N–H and O–H groups in total. The maximum absolute atomic E-state index is 9.64. The Morgan fingerprint density at radius 3 is 1.36 bits per heavy atom. The smallest absolute Gasteiger partial charge is 0.303 e. The Labute approximate surface area is 80.8 Å². The molecule has 0 rings (SSSR count). The lowest BCUT2D eigenvalue weighted by Gasteiger charge is -1.98. The standard InChI is InChI=1S/C4H6O4.C3H9NO2/c5-3(6)1-2-4(7)8;4-3(1-5)2-6/h1-2H2,(H,5,6)(H,7,8);3,5-6H,1-2,4H2. The monoisotopic (exact) mass is 209 g/mol. The number of carbonyl (C=O) groups is 2. The Kier molecular flexibility index (Phi) is 10.8. The highest BCUT2D eigenvalue weighted by Crippen LogP contribution is 1.86. The van der Waals surface area contributed by atoms with Gasteiger partial charge in [-0.3, -0.25) is 9.59 Å². The maximum Gasteiger partial charge on any atom is 0.303 e. The van der Waals surface area contributed by atoms with Gasteiger partial charge in [0.25, 0.3) is 0 Å². The summed E-state index contributed by atoms with van der Waals surface area (Å²) < 4.78 is 0. The number of hydrogen-bond acceptors (Lipinski definition) is 5. The summed E-state index contributed by atoms with van der Waals surface area (Å²) in [7, 11) is 0. The van der Waals surface area contributed by atoms with E-state index in [0.29, 0.717) is 0 Å². The molecule has 0 radical (unpaired) electrons. The van der Waals surface area contributed by atoms with Crippen molar-refractivity contribution in [3.8, 4) is 0 Å². The summed E-state index contributed by atoms with van der Waals surface area (Å²) in [6.45, 7) is -0.285. The zero-order chi connectivity index (χ0) is 11.6. The molecule has 0 saturated heterocycles. The molecule has 0 bridgehead atoms.